The highest BCUT2D eigenvalue weighted by Crippen LogP contribution is 2.17. The first-order valence-electron chi connectivity index (χ1n) is 7.22. The molecule has 6 nitrogen and oxygen atoms in total. The van der Waals surface area contributed by atoms with Gasteiger partial charge in [-0.15, -0.1) is 0 Å². The molecule has 2 amide bonds. The molecule has 1 aromatic carbocycles. The fourth-order valence-electron chi connectivity index (χ4n) is 2.48. The smallest absolute Gasteiger partial charge is 0.265 e. The molecule has 0 heterocycles. The second-order valence-electron chi connectivity index (χ2n) is 5.19. The third-order valence-electron chi connectivity index (χ3n) is 3.57. The van der Waals surface area contributed by atoms with Gasteiger partial charge in [-0.25, -0.2) is 5.84 Å². The molecule has 6 heteroatoms. The second kappa shape index (κ2) is 7.64. The zero-order valence-corrected chi connectivity index (χ0v) is 11.9. The molecule has 1 aromatic rings. The lowest BCUT2D eigenvalue weighted by Crippen LogP contribution is -2.39. The van der Waals surface area contributed by atoms with Crippen molar-refractivity contribution in [2.75, 3.05) is 6.61 Å². The van der Waals surface area contributed by atoms with E-state index in [9.17, 15) is 9.59 Å². The average molecular weight is 291 g/mol. The number of benzene rings is 1. The van der Waals surface area contributed by atoms with Gasteiger partial charge in [0.2, 0.25) is 0 Å². The van der Waals surface area contributed by atoms with E-state index >= 15 is 0 Å². The monoisotopic (exact) mass is 291 g/mol. The van der Waals surface area contributed by atoms with Crippen LogP contribution < -0.4 is 21.3 Å². The Labute approximate surface area is 124 Å². The molecule has 4 N–H and O–H groups in total. The zero-order chi connectivity index (χ0) is 15.1. The van der Waals surface area contributed by atoms with Gasteiger partial charge in [0.1, 0.15) is 5.75 Å². The van der Waals surface area contributed by atoms with Gasteiger partial charge in [-0.2, -0.15) is 0 Å². The van der Waals surface area contributed by atoms with Crippen molar-refractivity contribution in [2.24, 2.45) is 5.84 Å². The molecule has 114 valence electrons. The van der Waals surface area contributed by atoms with Gasteiger partial charge in [0.05, 0.1) is 0 Å². The van der Waals surface area contributed by atoms with Crippen LogP contribution in [0.25, 0.3) is 0 Å². The molecular weight excluding hydrogens is 270 g/mol. The molecule has 21 heavy (non-hydrogen) atoms. The van der Waals surface area contributed by atoms with Crippen LogP contribution in [0.5, 0.6) is 5.75 Å². The maximum atomic E-state index is 11.8. The SMILES string of the molecule is NNC(=O)c1cccc(OCC(=O)NC2CCCCC2)c1. The Morgan fingerprint density at radius 2 is 2.00 bits per heavy atom. The average Bonchev–Trinajstić information content (AvgIpc) is 2.53. The van der Waals surface area contributed by atoms with E-state index < -0.39 is 5.91 Å². The molecule has 0 atom stereocenters. The zero-order valence-electron chi connectivity index (χ0n) is 11.9. The second-order valence-corrected chi connectivity index (χ2v) is 5.19. The number of amides is 2. The molecule has 0 bridgehead atoms. The highest BCUT2D eigenvalue weighted by molar-refractivity contribution is 5.94. The van der Waals surface area contributed by atoms with Crippen molar-refractivity contribution < 1.29 is 14.3 Å². The highest BCUT2D eigenvalue weighted by Gasteiger charge is 2.15. The summed E-state index contributed by atoms with van der Waals surface area (Å²) in [6, 6.07) is 6.82. The summed E-state index contributed by atoms with van der Waals surface area (Å²) in [6.07, 6.45) is 5.67. The summed E-state index contributed by atoms with van der Waals surface area (Å²) in [7, 11) is 0. The van der Waals surface area contributed by atoms with Gasteiger partial charge < -0.3 is 10.1 Å². The molecule has 1 fully saturated rings. The molecule has 0 unspecified atom stereocenters. The lowest BCUT2D eigenvalue weighted by molar-refractivity contribution is -0.124. The van der Waals surface area contributed by atoms with Gasteiger partial charge in [-0.3, -0.25) is 15.0 Å². The van der Waals surface area contributed by atoms with E-state index in [1.54, 1.807) is 24.3 Å². The fraction of sp³-hybridized carbons (Fsp3) is 0.467. The Morgan fingerprint density at radius 1 is 1.24 bits per heavy atom. The molecule has 1 aliphatic rings. The van der Waals surface area contributed by atoms with Crippen molar-refractivity contribution in [3.8, 4) is 5.75 Å². The minimum atomic E-state index is -0.396. The van der Waals surface area contributed by atoms with Gasteiger partial charge >= 0.3 is 0 Å². The van der Waals surface area contributed by atoms with Crippen LogP contribution in [-0.2, 0) is 4.79 Å². The van der Waals surface area contributed by atoms with E-state index in [1.807, 2.05) is 0 Å². The van der Waals surface area contributed by atoms with E-state index in [0.717, 1.165) is 12.8 Å². The van der Waals surface area contributed by atoms with Gasteiger partial charge in [-0.05, 0) is 31.0 Å². The molecule has 1 aliphatic carbocycles. The first kappa shape index (κ1) is 15.3. The highest BCUT2D eigenvalue weighted by atomic mass is 16.5. The third kappa shape index (κ3) is 4.75. The van der Waals surface area contributed by atoms with E-state index in [4.69, 9.17) is 10.6 Å². The molecule has 1 saturated carbocycles. The maximum absolute atomic E-state index is 11.8. The number of hydrogen-bond donors (Lipinski definition) is 3. The van der Waals surface area contributed by atoms with Crippen molar-refractivity contribution in [1.82, 2.24) is 10.7 Å². The van der Waals surface area contributed by atoms with Crippen molar-refractivity contribution >= 4 is 11.8 Å². The van der Waals surface area contributed by atoms with Crippen LogP contribution in [0.1, 0.15) is 42.5 Å². The molecular formula is C15H21N3O3. The topological polar surface area (TPSA) is 93.4 Å². The third-order valence-corrected chi connectivity index (χ3v) is 3.57. The molecule has 0 spiro atoms. The molecule has 0 aliphatic heterocycles. The van der Waals surface area contributed by atoms with Crippen LogP contribution in [0.3, 0.4) is 0 Å². The number of nitrogens with one attached hydrogen (secondary N) is 2. The van der Waals surface area contributed by atoms with Crippen molar-refractivity contribution in [1.29, 1.82) is 0 Å². The van der Waals surface area contributed by atoms with Crippen molar-refractivity contribution in [3.63, 3.8) is 0 Å². The van der Waals surface area contributed by atoms with Crippen LogP contribution >= 0.6 is 0 Å². The van der Waals surface area contributed by atoms with E-state index in [-0.39, 0.29) is 18.6 Å². The molecule has 0 aromatic heterocycles. The van der Waals surface area contributed by atoms with Crippen LogP contribution in [0, 0.1) is 0 Å². The molecule has 0 radical (unpaired) electrons. The van der Waals surface area contributed by atoms with Gasteiger partial charge in [0, 0.05) is 11.6 Å². The summed E-state index contributed by atoms with van der Waals surface area (Å²) in [5.74, 6) is 5.02. The summed E-state index contributed by atoms with van der Waals surface area (Å²) < 4.78 is 5.41. The largest absolute Gasteiger partial charge is 0.484 e. The summed E-state index contributed by atoms with van der Waals surface area (Å²) in [4.78, 5) is 23.2. The predicted octanol–water partition coefficient (Wildman–Crippen LogP) is 1.12. The molecule has 0 saturated heterocycles. The van der Waals surface area contributed by atoms with Gasteiger partial charge in [0.25, 0.3) is 11.8 Å². The lowest BCUT2D eigenvalue weighted by Gasteiger charge is -2.22. The minimum absolute atomic E-state index is 0.0514. The van der Waals surface area contributed by atoms with E-state index in [0.29, 0.717) is 11.3 Å². The Hall–Kier alpha value is -2.08. The number of rotatable bonds is 5. The first-order chi connectivity index (χ1) is 10.2. The standard InChI is InChI=1S/C15H21N3O3/c16-18-15(20)11-5-4-8-13(9-11)21-10-14(19)17-12-6-2-1-3-7-12/h4-5,8-9,12H,1-3,6-7,10,16H2,(H,17,19)(H,18,20). The van der Waals surface area contributed by atoms with Crippen molar-refractivity contribution in [3.05, 3.63) is 29.8 Å². The number of nitrogens with two attached hydrogens (primary N) is 1. The number of carbonyl (C=O) groups is 2. The van der Waals surface area contributed by atoms with E-state index in [2.05, 4.69) is 10.7 Å². The number of hydrogen-bond acceptors (Lipinski definition) is 4. The van der Waals surface area contributed by atoms with E-state index in [1.165, 1.54) is 19.3 Å². The summed E-state index contributed by atoms with van der Waals surface area (Å²) >= 11 is 0. The summed E-state index contributed by atoms with van der Waals surface area (Å²) in [5.41, 5.74) is 2.45. The fourth-order valence-corrected chi connectivity index (χ4v) is 2.48. The summed E-state index contributed by atoms with van der Waals surface area (Å²) in [6.45, 7) is -0.0514. The van der Waals surface area contributed by atoms with Crippen molar-refractivity contribution in [2.45, 2.75) is 38.1 Å². The number of ether oxygens (including phenoxy) is 1. The normalized spacial score (nSPS) is 15.3. The Balaban J connectivity index is 1.81. The quantitative estimate of drug-likeness (QED) is 0.430. The van der Waals surface area contributed by atoms with Gasteiger partial charge in [0.15, 0.2) is 6.61 Å². The Bertz CT molecular complexity index is 499. The van der Waals surface area contributed by atoms with Gasteiger partial charge in [-0.1, -0.05) is 25.3 Å². The molecule has 2 rings (SSSR count). The summed E-state index contributed by atoms with van der Waals surface area (Å²) in [5, 5.41) is 2.97. The minimum Gasteiger partial charge on any atom is -0.484 e. The van der Waals surface area contributed by atoms with Crippen LogP contribution in [-0.4, -0.2) is 24.5 Å². The van der Waals surface area contributed by atoms with Crippen LogP contribution in [0.15, 0.2) is 24.3 Å². The van der Waals surface area contributed by atoms with Crippen LogP contribution in [0.2, 0.25) is 0 Å². The number of hydrazine groups is 1. The lowest BCUT2D eigenvalue weighted by atomic mass is 9.95. The maximum Gasteiger partial charge on any atom is 0.265 e. The number of nitrogen functional groups attached to an aromatic ring is 1. The Morgan fingerprint density at radius 3 is 2.71 bits per heavy atom. The van der Waals surface area contributed by atoms with Crippen LogP contribution in [0.4, 0.5) is 0 Å². The predicted molar refractivity (Wildman–Crippen MR) is 78.6 cm³/mol. The first-order valence-corrected chi connectivity index (χ1v) is 7.22. The number of carbonyl (C=O) groups excluding carboxylic acids is 2. The Kier molecular flexibility index (Phi) is 5.57.